The van der Waals surface area contributed by atoms with Crippen molar-refractivity contribution in [2.45, 2.75) is 31.9 Å². The van der Waals surface area contributed by atoms with Crippen LogP contribution in [-0.2, 0) is 22.8 Å². The topological polar surface area (TPSA) is 55.1 Å². The summed E-state index contributed by atoms with van der Waals surface area (Å²) >= 11 is 0. The lowest BCUT2D eigenvalue weighted by atomic mass is 9.79. The Morgan fingerprint density at radius 1 is 1.36 bits per heavy atom. The van der Waals surface area contributed by atoms with Gasteiger partial charge in [-0.05, 0) is 25.5 Å². The molecule has 0 fully saturated rings. The van der Waals surface area contributed by atoms with Gasteiger partial charge < -0.3 is 9.84 Å². The van der Waals surface area contributed by atoms with Gasteiger partial charge in [0.15, 0.2) is 0 Å². The normalized spacial score (nSPS) is 20.9. The fourth-order valence-corrected chi connectivity index (χ4v) is 2.80. The quantitative estimate of drug-likeness (QED) is 0.924. The van der Waals surface area contributed by atoms with Gasteiger partial charge in [-0.3, -0.25) is 4.79 Å². The molecule has 4 nitrogen and oxygen atoms in total. The molecule has 2 aromatic rings. The Hall–Kier alpha value is -2.31. The number of carbonyl (C=O) groups is 1. The maximum absolute atomic E-state index is 13.1. The van der Waals surface area contributed by atoms with Crippen molar-refractivity contribution in [3.8, 4) is 0 Å². The van der Waals surface area contributed by atoms with Crippen molar-refractivity contribution < 1.29 is 22.5 Å². The number of hydrogen-bond acceptors (Lipinski definition) is 3. The molecule has 22 heavy (non-hydrogen) atoms. The number of rotatable bonds is 2. The van der Waals surface area contributed by atoms with Gasteiger partial charge in [0.2, 0.25) is 5.91 Å². The third-order valence-corrected chi connectivity index (χ3v) is 3.92. The van der Waals surface area contributed by atoms with Crippen LogP contribution >= 0.6 is 0 Å². The van der Waals surface area contributed by atoms with E-state index in [0.29, 0.717) is 17.0 Å². The van der Waals surface area contributed by atoms with Crippen LogP contribution < -0.4 is 5.32 Å². The number of hydrogen-bond donors (Lipinski definition) is 1. The average Bonchev–Trinajstić information content (AvgIpc) is 2.92. The first kappa shape index (κ1) is 14.6. The van der Waals surface area contributed by atoms with Crippen LogP contribution in [0.3, 0.4) is 0 Å². The summed E-state index contributed by atoms with van der Waals surface area (Å²) in [7, 11) is 0. The third kappa shape index (κ3) is 2.17. The first-order chi connectivity index (χ1) is 10.2. The number of benzene rings is 1. The second-order valence-corrected chi connectivity index (χ2v) is 5.62. The summed E-state index contributed by atoms with van der Waals surface area (Å²) in [6.45, 7) is 3.32. The molecule has 0 saturated carbocycles. The Balaban J connectivity index is 2.08. The van der Waals surface area contributed by atoms with E-state index in [1.54, 1.807) is 19.9 Å². The zero-order valence-electron chi connectivity index (χ0n) is 11.9. The minimum atomic E-state index is -4.52. The molecule has 1 unspecified atom stereocenters. The second kappa shape index (κ2) is 4.59. The predicted molar refractivity (Wildman–Crippen MR) is 72.4 cm³/mol. The van der Waals surface area contributed by atoms with Gasteiger partial charge in [-0.2, -0.15) is 13.2 Å². The molecule has 1 aliphatic rings. The number of anilines is 1. The van der Waals surface area contributed by atoms with Crippen molar-refractivity contribution in [3.05, 3.63) is 46.8 Å². The molecule has 1 aromatic heterocycles. The summed E-state index contributed by atoms with van der Waals surface area (Å²) in [5.74, 6) is 0.112. The Kier molecular flexibility index (Phi) is 3.05. The van der Waals surface area contributed by atoms with Gasteiger partial charge in [0.1, 0.15) is 5.76 Å². The van der Waals surface area contributed by atoms with Crippen LogP contribution in [0.4, 0.5) is 18.9 Å². The highest BCUT2D eigenvalue weighted by Crippen LogP contribution is 2.46. The number of aromatic nitrogens is 1. The largest absolute Gasteiger partial charge is 0.418 e. The molecule has 1 aliphatic heterocycles. The molecule has 0 saturated heterocycles. The molecule has 2 heterocycles. The average molecular weight is 310 g/mol. The number of carbonyl (C=O) groups excluding carboxylic acids is 1. The van der Waals surface area contributed by atoms with Crippen molar-refractivity contribution >= 4 is 11.6 Å². The van der Waals surface area contributed by atoms with Crippen molar-refractivity contribution in [2.24, 2.45) is 0 Å². The molecule has 7 heteroatoms. The van der Waals surface area contributed by atoms with Crippen molar-refractivity contribution in [1.29, 1.82) is 0 Å². The number of para-hydroxylation sites is 1. The van der Waals surface area contributed by atoms with Gasteiger partial charge in [0.25, 0.3) is 0 Å². The minimum Gasteiger partial charge on any atom is -0.361 e. The van der Waals surface area contributed by atoms with Crippen LogP contribution in [0.2, 0.25) is 0 Å². The smallest absolute Gasteiger partial charge is 0.361 e. The Morgan fingerprint density at radius 2 is 2.09 bits per heavy atom. The molecule has 3 rings (SSSR count). The van der Waals surface area contributed by atoms with Gasteiger partial charge in [0.05, 0.1) is 22.4 Å². The summed E-state index contributed by atoms with van der Waals surface area (Å²) in [5, 5.41) is 6.20. The molecule has 0 bridgehead atoms. The van der Waals surface area contributed by atoms with Crippen LogP contribution in [-0.4, -0.2) is 11.1 Å². The number of halogens is 3. The van der Waals surface area contributed by atoms with E-state index in [4.69, 9.17) is 4.52 Å². The minimum absolute atomic E-state index is 0.164. The number of fused-ring (bicyclic) bond motifs is 1. The lowest BCUT2D eigenvalue weighted by Gasteiger charge is -2.21. The molecular formula is C15H13F3N2O2. The molecule has 1 atom stereocenters. The van der Waals surface area contributed by atoms with Crippen molar-refractivity contribution in [2.75, 3.05) is 5.32 Å². The Morgan fingerprint density at radius 3 is 2.68 bits per heavy atom. The molecule has 0 aliphatic carbocycles. The maximum atomic E-state index is 13.1. The summed E-state index contributed by atoms with van der Waals surface area (Å²) in [6.07, 6.45) is -4.35. The van der Waals surface area contributed by atoms with Gasteiger partial charge >= 0.3 is 6.18 Å². The van der Waals surface area contributed by atoms with Crippen molar-refractivity contribution in [1.82, 2.24) is 5.16 Å². The molecule has 0 spiro atoms. The van der Waals surface area contributed by atoms with E-state index in [1.165, 1.54) is 12.1 Å². The van der Waals surface area contributed by atoms with Crippen molar-refractivity contribution in [3.63, 3.8) is 0 Å². The monoisotopic (exact) mass is 310 g/mol. The van der Waals surface area contributed by atoms with Crippen LogP contribution in [0.15, 0.2) is 28.8 Å². The second-order valence-electron chi connectivity index (χ2n) is 5.62. The van der Waals surface area contributed by atoms with Gasteiger partial charge in [-0.1, -0.05) is 17.3 Å². The Labute approximate surface area is 124 Å². The van der Waals surface area contributed by atoms with Gasteiger partial charge in [-0.25, -0.2) is 0 Å². The highest BCUT2D eigenvalue weighted by molar-refractivity contribution is 6.07. The standard InChI is InChI=1S/C15H13F3N2O2/c1-8-6-9(20-22-8)7-14(2)10-4-3-5-11(15(16,17)18)12(10)19-13(14)21/h3-6H,7H2,1-2H3,(H,19,21). The predicted octanol–water partition coefficient (Wildman–Crippen LogP) is 3.45. The summed E-state index contributed by atoms with van der Waals surface area (Å²) in [4.78, 5) is 12.3. The van der Waals surface area contributed by atoms with E-state index >= 15 is 0 Å². The molecule has 116 valence electrons. The summed E-state index contributed by atoms with van der Waals surface area (Å²) < 4.78 is 44.2. The highest BCUT2D eigenvalue weighted by Gasteiger charge is 2.47. The first-order valence-electron chi connectivity index (χ1n) is 6.66. The molecular weight excluding hydrogens is 297 g/mol. The molecule has 0 radical (unpaired) electrons. The van der Waals surface area contributed by atoms with E-state index in [0.717, 1.165) is 6.07 Å². The van der Waals surface area contributed by atoms with Crippen LogP contribution in [0, 0.1) is 6.92 Å². The van der Waals surface area contributed by atoms with E-state index in [-0.39, 0.29) is 12.1 Å². The van der Waals surface area contributed by atoms with Crippen LogP contribution in [0.25, 0.3) is 0 Å². The fourth-order valence-electron chi connectivity index (χ4n) is 2.80. The van der Waals surface area contributed by atoms with E-state index in [1.807, 2.05) is 0 Å². The third-order valence-electron chi connectivity index (χ3n) is 3.92. The highest BCUT2D eigenvalue weighted by atomic mass is 19.4. The number of aryl methyl sites for hydroxylation is 1. The fraction of sp³-hybridized carbons (Fsp3) is 0.333. The number of nitrogens with one attached hydrogen (secondary N) is 1. The summed E-state index contributed by atoms with van der Waals surface area (Å²) in [6, 6.07) is 5.49. The zero-order chi connectivity index (χ0) is 16.1. The number of alkyl halides is 3. The van der Waals surface area contributed by atoms with Gasteiger partial charge in [0, 0.05) is 12.5 Å². The maximum Gasteiger partial charge on any atom is 0.418 e. The summed E-state index contributed by atoms with van der Waals surface area (Å²) in [5.41, 5.74) is -1.26. The molecule has 1 aromatic carbocycles. The van der Waals surface area contributed by atoms with Gasteiger partial charge in [-0.15, -0.1) is 0 Å². The Bertz CT molecular complexity index is 751. The lowest BCUT2D eigenvalue weighted by molar-refractivity contribution is -0.136. The van der Waals surface area contributed by atoms with E-state index in [2.05, 4.69) is 10.5 Å². The van der Waals surface area contributed by atoms with E-state index < -0.39 is 23.1 Å². The SMILES string of the molecule is Cc1cc(CC2(C)C(=O)Nc3c(C(F)(F)F)cccc32)no1. The number of nitrogens with zero attached hydrogens (tertiary/aromatic N) is 1. The lowest BCUT2D eigenvalue weighted by Crippen LogP contribution is -2.33. The molecule has 1 N–H and O–H groups in total. The number of amides is 1. The molecule has 1 amide bonds. The first-order valence-corrected chi connectivity index (χ1v) is 6.66. The van der Waals surface area contributed by atoms with E-state index in [9.17, 15) is 18.0 Å². The van der Waals surface area contributed by atoms with Crippen LogP contribution in [0.1, 0.15) is 29.5 Å². The zero-order valence-corrected chi connectivity index (χ0v) is 11.9. The van der Waals surface area contributed by atoms with Crippen LogP contribution in [0.5, 0.6) is 0 Å².